The second kappa shape index (κ2) is 8.62. The Morgan fingerprint density at radius 3 is 2.78 bits per heavy atom. The average molecular weight is 269 g/mol. The van der Waals surface area contributed by atoms with Gasteiger partial charge in [0, 0.05) is 17.6 Å². The molecule has 0 saturated heterocycles. The van der Waals surface area contributed by atoms with Crippen LogP contribution in [-0.4, -0.2) is 18.1 Å². The molecule has 1 aromatic heterocycles. The Labute approximate surface area is 115 Å². The molecule has 1 atom stereocenters. The summed E-state index contributed by atoms with van der Waals surface area (Å²) >= 11 is 1.81. The zero-order valence-corrected chi connectivity index (χ0v) is 12.7. The van der Waals surface area contributed by atoms with Gasteiger partial charge in [-0.3, -0.25) is 0 Å². The number of nitrogens with one attached hydrogen (secondary N) is 1. The molecule has 1 rings (SSSR count). The van der Waals surface area contributed by atoms with Crippen molar-refractivity contribution >= 4 is 11.3 Å². The van der Waals surface area contributed by atoms with Crippen LogP contribution in [0.2, 0.25) is 0 Å². The van der Waals surface area contributed by atoms with Gasteiger partial charge in [-0.1, -0.05) is 20.8 Å². The summed E-state index contributed by atoms with van der Waals surface area (Å²) in [7, 11) is 0. The number of aromatic nitrogens is 1. The summed E-state index contributed by atoms with van der Waals surface area (Å²) in [5.74, 6) is 1.39. The van der Waals surface area contributed by atoms with E-state index in [1.165, 1.54) is 22.7 Å². The molecular formula is C14H27N3S. The van der Waals surface area contributed by atoms with E-state index >= 15 is 0 Å². The molecule has 1 unspecified atom stereocenters. The minimum absolute atomic E-state index is 0.653. The first-order valence-electron chi connectivity index (χ1n) is 7.00. The molecule has 0 radical (unpaired) electrons. The monoisotopic (exact) mass is 269 g/mol. The lowest BCUT2D eigenvalue weighted by atomic mass is 9.94. The molecule has 104 valence electrons. The van der Waals surface area contributed by atoms with Crippen molar-refractivity contribution in [3.63, 3.8) is 0 Å². The number of rotatable bonds is 9. The van der Waals surface area contributed by atoms with Crippen LogP contribution >= 0.6 is 11.3 Å². The van der Waals surface area contributed by atoms with Crippen LogP contribution in [0.25, 0.3) is 0 Å². The molecule has 3 N–H and O–H groups in total. The molecule has 4 heteroatoms. The largest absolute Gasteiger partial charge is 0.330 e. The third-order valence-electron chi connectivity index (χ3n) is 3.09. The second-order valence-corrected chi connectivity index (χ2v) is 6.47. The SMILES string of the molecule is CCc1cnc(CNCCC(CN)CC(C)C)s1. The van der Waals surface area contributed by atoms with Gasteiger partial charge < -0.3 is 11.1 Å². The van der Waals surface area contributed by atoms with Crippen LogP contribution < -0.4 is 11.1 Å². The number of aryl methyl sites for hydroxylation is 1. The van der Waals surface area contributed by atoms with Crippen LogP contribution in [0.3, 0.4) is 0 Å². The van der Waals surface area contributed by atoms with Crippen LogP contribution in [0.15, 0.2) is 6.20 Å². The van der Waals surface area contributed by atoms with E-state index in [0.29, 0.717) is 5.92 Å². The van der Waals surface area contributed by atoms with Crippen LogP contribution in [0.4, 0.5) is 0 Å². The fourth-order valence-electron chi connectivity index (χ4n) is 2.09. The molecule has 0 bridgehead atoms. The molecule has 3 nitrogen and oxygen atoms in total. The number of hydrogen-bond acceptors (Lipinski definition) is 4. The Bertz CT molecular complexity index is 323. The van der Waals surface area contributed by atoms with Gasteiger partial charge in [0.1, 0.15) is 5.01 Å². The normalized spacial score (nSPS) is 13.2. The summed E-state index contributed by atoms with van der Waals surface area (Å²) in [4.78, 5) is 5.77. The lowest BCUT2D eigenvalue weighted by molar-refractivity contribution is 0.385. The standard InChI is InChI=1S/C14H27N3S/c1-4-13-9-17-14(18-13)10-16-6-5-12(8-15)7-11(2)3/h9,11-12,16H,4-8,10,15H2,1-3H3. The molecule has 1 heterocycles. The zero-order valence-electron chi connectivity index (χ0n) is 11.9. The first-order valence-corrected chi connectivity index (χ1v) is 7.81. The first kappa shape index (κ1) is 15.6. The number of nitrogens with two attached hydrogens (primary N) is 1. The van der Waals surface area contributed by atoms with Crippen molar-refractivity contribution in [2.45, 2.75) is 46.6 Å². The van der Waals surface area contributed by atoms with Gasteiger partial charge in [-0.25, -0.2) is 4.98 Å². The summed E-state index contributed by atoms with van der Waals surface area (Å²) in [6.07, 6.45) is 5.47. The summed E-state index contributed by atoms with van der Waals surface area (Å²) in [5.41, 5.74) is 5.80. The van der Waals surface area contributed by atoms with E-state index in [-0.39, 0.29) is 0 Å². The second-order valence-electron chi connectivity index (χ2n) is 5.27. The predicted molar refractivity (Wildman–Crippen MR) is 79.8 cm³/mol. The van der Waals surface area contributed by atoms with Crippen molar-refractivity contribution in [3.05, 3.63) is 16.1 Å². The topological polar surface area (TPSA) is 50.9 Å². The highest BCUT2D eigenvalue weighted by Gasteiger charge is 2.08. The van der Waals surface area contributed by atoms with Gasteiger partial charge in [-0.05, 0) is 44.2 Å². The van der Waals surface area contributed by atoms with Gasteiger partial charge in [0.25, 0.3) is 0 Å². The quantitative estimate of drug-likeness (QED) is 0.678. The third-order valence-corrected chi connectivity index (χ3v) is 4.24. The Hall–Kier alpha value is -0.450. The molecule has 1 aromatic rings. The molecular weight excluding hydrogens is 242 g/mol. The molecule has 18 heavy (non-hydrogen) atoms. The Balaban J connectivity index is 2.17. The van der Waals surface area contributed by atoms with E-state index in [1.807, 2.05) is 17.5 Å². The summed E-state index contributed by atoms with van der Waals surface area (Å²) < 4.78 is 0. The molecule has 0 aliphatic carbocycles. The smallest absolute Gasteiger partial charge is 0.107 e. The molecule has 0 amide bonds. The van der Waals surface area contributed by atoms with Crippen molar-refractivity contribution in [2.75, 3.05) is 13.1 Å². The molecule has 0 saturated carbocycles. The van der Waals surface area contributed by atoms with E-state index in [1.54, 1.807) is 0 Å². The van der Waals surface area contributed by atoms with Crippen LogP contribution in [0.1, 0.15) is 43.5 Å². The van der Waals surface area contributed by atoms with Crippen molar-refractivity contribution in [3.8, 4) is 0 Å². The summed E-state index contributed by atoms with van der Waals surface area (Å²) in [6.45, 7) is 9.43. The fraction of sp³-hybridized carbons (Fsp3) is 0.786. The number of thiazole rings is 1. The maximum Gasteiger partial charge on any atom is 0.107 e. The fourth-order valence-corrected chi connectivity index (χ4v) is 2.93. The highest BCUT2D eigenvalue weighted by Crippen LogP contribution is 2.15. The lowest BCUT2D eigenvalue weighted by Gasteiger charge is -2.16. The first-order chi connectivity index (χ1) is 8.65. The third kappa shape index (κ3) is 5.94. The van der Waals surface area contributed by atoms with E-state index in [2.05, 4.69) is 31.1 Å². The van der Waals surface area contributed by atoms with Gasteiger partial charge in [0.15, 0.2) is 0 Å². The predicted octanol–water partition coefficient (Wildman–Crippen LogP) is 2.81. The number of hydrogen-bond donors (Lipinski definition) is 2. The van der Waals surface area contributed by atoms with Crippen LogP contribution in [0.5, 0.6) is 0 Å². The van der Waals surface area contributed by atoms with Crippen LogP contribution in [-0.2, 0) is 13.0 Å². The molecule has 0 fully saturated rings. The maximum absolute atomic E-state index is 5.80. The average Bonchev–Trinajstić information content (AvgIpc) is 2.80. The van der Waals surface area contributed by atoms with E-state index in [9.17, 15) is 0 Å². The Kier molecular flexibility index (Phi) is 7.47. The summed E-state index contributed by atoms with van der Waals surface area (Å²) in [6, 6.07) is 0. The molecule has 0 aliphatic rings. The van der Waals surface area contributed by atoms with Crippen molar-refractivity contribution in [1.82, 2.24) is 10.3 Å². The highest BCUT2D eigenvalue weighted by molar-refractivity contribution is 7.11. The van der Waals surface area contributed by atoms with Gasteiger partial charge in [0.05, 0.1) is 0 Å². The minimum atomic E-state index is 0.653. The van der Waals surface area contributed by atoms with Crippen molar-refractivity contribution < 1.29 is 0 Å². The maximum atomic E-state index is 5.80. The van der Waals surface area contributed by atoms with Crippen molar-refractivity contribution in [2.24, 2.45) is 17.6 Å². The molecule has 0 aliphatic heterocycles. The van der Waals surface area contributed by atoms with E-state index < -0.39 is 0 Å². The lowest BCUT2D eigenvalue weighted by Crippen LogP contribution is -2.23. The molecule has 0 aromatic carbocycles. The van der Waals surface area contributed by atoms with Crippen LogP contribution in [0, 0.1) is 11.8 Å². The molecule has 0 spiro atoms. The minimum Gasteiger partial charge on any atom is -0.330 e. The van der Waals surface area contributed by atoms with Gasteiger partial charge in [-0.2, -0.15) is 0 Å². The number of nitrogens with zero attached hydrogens (tertiary/aromatic N) is 1. The zero-order chi connectivity index (χ0) is 13.4. The highest BCUT2D eigenvalue weighted by atomic mass is 32.1. The van der Waals surface area contributed by atoms with Gasteiger partial charge in [-0.15, -0.1) is 11.3 Å². The Morgan fingerprint density at radius 1 is 1.44 bits per heavy atom. The Morgan fingerprint density at radius 2 is 2.22 bits per heavy atom. The van der Waals surface area contributed by atoms with E-state index in [0.717, 1.165) is 32.0 Å². The summed E-state index contributed by atoms with van der Waals surface area (Å²) in [5, 5.41) is 4.66. The van der Waals surface area contributed by atoms with Gasteiger partial charge in [0.2, 0.25) is 0 Å². The van der Waals surface area contributed by atoms with Crippen molar-refractivity contribution in [1.29, 1.82) is 0 Å². The van der Waals surface area contributed by atoms with Gasteiger partial charge >= 0.3 is 0 Å². The van der Waals surface area contributed by atoms with E-state index in [4.69, 9.17) is 5.73 Å².